The minimum atomic E-state index is 0.427. The Bertz CT molecular complexity index is 333. The van der Waals surface area contributed by atoms with Crippen molar-refractivity contribution in [3.63, 3.8) is 0 Å². The summed E-state index contributed by atoms with van der Waals surface area (Å²) < 4.78 is 2.27. The van der Waals surface area contributed by atoms with E-state index in [0.717, 1.165) is 13.1 Å². The van der Waals surface area contributed by atoms with E-state index in [1.807, 2.05) is 6.20 Å². The summed E-state index contributed by atoms with van der Waals surface area (Å²) in [6, 6.07) is 0.427. The molecule has 0 radical (unpaired) electrons. The number of aromatic nitrogens is 2. The minimum Gasteiger partial charge on any atom is -0.334 e. The third-order valence-electron chi connectivity index (χ3n) is 3.89. The van der Waals surface area contributed by atoms with Gasteiger partial charge in [-0.15, -0.1) is 0 Å². The third kappa shape index (κ3) is 6.08. The van der Waals surface area contributed by atoms with E-state index in [9.17, 15) is 0 Å². The van der Waals surface area contributed by atoms with Crippen LogP contribution in [0.3, 0.4) is 0 Å². The zero-order valence-electron chi connectivity index (χ0n) is 13.7. The zero-order chi connectivity index (χ0) is 14.6. The summed E-state index contributed by atoms with van der Waals surface area (Å²) in [6.07, 6.45) is 14.6. The molecule has 1 aromatic heterocycles. The topological polar surface area (TPSA) is 29.9 Å². The molecule has 3 nitrogen and oxygen atoms in total. The van der Waals surface area contributed by atoms with Gasteiger partial charge < -0.3 is 9.88 Å². The van der Waals surface area contributed by atoms with Gasteiger partial charge in [-0.25, -0.2) is 4.98 Å². The molecule has 1 aromatic rings. The fourth-order valence-corrected chi connectivity index (χ4v) is 2.67. The lowest BCUT2D eigenvalue weighted by Crippen LogP contribution is -2.25. The van der Waals surface area contributed by atoms with E-state index in [1.165, 1.54) is 57.2 Å². The molecular formula is C17H33N3. The Morgan fingerprint density at radius 3 is 2.50 bits per heavy atom. The quantitative estimate of drug-likeness (QED) is 0.562. The zero-order valence-corrected chi connectivity index (χ0v) is 13.7. The number of unbranched alkanes of at least 4 members (excludes halogenated alkanes) is 5. The number of rotatable bonds is 12. The highest BCUT2D eigenvalue weighted by Crippen LogP contribution is 2.19. The van der Waals surface area contributed by atoms with E-state index in [2.05, 4.69) is 41.8 Å². The fourth-order valence-electron chi connectivity index (χ4n) is 2.67. The van der Waals surface area contributed by atoms with Gasteiger partial charge in [-0.1, -0.05) is 52.4 Å². The summed E-state index contributed by atoms with van der Waals surface area (Å²) in [5.41, 5.74) is 0. The molecule has 0 saturated heterocycles. The van der Waals surface area contributed by atoms with Crippen LogP contribution in [0, 0.1) is 0 Å². The highest BCUT2D eigenvalue weighted by atomic mass is 15.1. The van der Waals surface area contributed by atoms with Gasteiger partial charge in [-0.05, 0) is 26.3 Å². The highest BCUT2D eigenvalue weighted by Gasteiger charge is 2.15. The molecular weight excluding hydrogens is 246 g/mol. The van der Waals surface area contributed by atoms with Crippen molar-refractivity contribution < 1.29 is 0 Å². The lowest BCUT2D eigenvalue weighted by molar-refractivity contribution is 0.435. The van der Waals surface area contributed by atoms with Crippen LogP contribution in [0.2, 0.25) is 0 Å². The molecule has 1 atom stereocenters. The Kier molecular flexibility index (Phi) is 9.38. The Balaban J connectivity index is 2.40. The van der Waals surface area contributed by atoms with Crippen LogP contribution in [0.1, 0.15) is 84.0 Å². The van der Waals surface area contributed by atoms with Crippen LogP contribution < -0.4 is 5.32 Å². The predicted molar refractivity (Wildman–Crippen MR) is 86.9 cm³/mol. The molecule has 1 heterocycles. The van der Waals surface area contributed by atoms with Crippen molar-refractivity contribution in [1.29, 1.82) is 0 Å². The predicted octanol–water partition coefficient (Wildman–Crippen LogP) is 4.69. The average molecular weight is 279 g/mol. The summed E-state index contributed by atoms with van der Waals surface area (Å²) in [4.78, 5) is 4.57. The van der Waals surface area contributed by atoms with Crippen LogP contribution in [-0.2, 0) is 6.54 Å². The molecule has 116 valence electrons. The Hall–Kier alpha value is -0.830. The van der Waals surface area contributed by atoms with Crippen LogP contribution in [0.4, 0.5) is 0 Å². The van der Waals surface area contributed by atoms with Gasteiger partial charge in [-0.2, -0.15) is 0 Å². The third-order valence-corrected chi connectivity index (χ3v) is 3.89. The second-order valence-corrected chi connectivity index (χ2v) is 5.63. The smallest absolute Gasteiger partial charge is 0.125 e. The Morgan fingerprint density at radius 1 is 1.05 bits per heavy atom. The summed E-state index contributed by atoms with van der Waals surface area (Å²) in [5, 5.41) is 3.67. The standard InChI is InChI=1S/C17H33N3/c1-4-7-8-9-10-11-12-16(18-13-5-2)17-19-14-15-20(17)6-3/h14-16,18H,4-13H2,1-3H3. The summed E-state index contributed by atoms with van der Waals surface area (Å²) >= 11 is 0. The van der Waals surface area contributed by atoms with Crippen LogP contribution in [0.25, 0.3) is 0 Å². The number of nitrogens with zero attached hydrogens (tertiary/aromatic N) is 2. The molecule has 0 amide bonds. The first-order chi connectivity index (χ1) is 9.83. The van der Waals surface area contributed by atoms with Crippen molar-refractivity contribution in [2.24, 2.45) is 0 Å². The van der Waals surface area contributed by atoms with E-state index in [0.29, 0.717) is 6.04 Å². The molecule has 1 N–H and O–H groups in total. The molecule has 20 heavy (non-hydrogen) atoms. The van der Waals surface area contributed by atoms with Crippen molar-refractivity contribution in [2.45, 2.75) is 84.7 Å². The normalized spacial score (nSPS) is 12.8. The molecule has 0 aliphatic heterocycles. The SMILES string of the molecule is CCCCCCCCC(NCCC)c1nccn1CC. The Morgan fingerprint density at radius 2 is 1.80 bits per heavy atom. The molecule has 0 saturated carbocycles. The molecule has 1 rings (SSSR count). The summed E-state index contributed by atoms with van der Waals surface area (Å²) in [6.45, 7) is 8.77. The van der Waals surface area contributed by atoms with E-state index in [4.69, 9.17) is 0 Å². The largest absolute Gasteiger partial charge is 0.334 e. The highest BCUT2D eigenvalue weighted by molar-refractivity contribution is 4.99. The molecule has 0 aliphatic carbocycles. The number of hydrogen-bond donors (Lipinski definition) is 1. The van der Waals surface area contributed by atoms with Crippen molar-refractivity contribution in [2.75, 3.05) is 6.54 Å². The van der Waals surface area contributed by atoms with Gasteiger partial charge in [0, 0.05) is 18.9 Å². The number of imidazole rings is 1. The first-order valence-electron chi connectivity index (χ1n) is 8.57. The molecule has 0 fully saturated rings. The van der Waals surface area contributed by atoms with E-state index in [-0.39, 0.29) is 0 Å². The lowest BCUT2D eigenvalue weighted by Gasteiger charge is -2.19. The second-order valence-electron chi connectivity index (χ2n) is 5.63. The van der Waals surface area contributed by atoms with Crippen molar-refractivity contribution in [3.05, 3.63) is 18.2 Å². The first-order valence-corrected chi connectivity index (χ1v) is 8.57. The van der Waals surface area contributed by atoms with Crippen LogP contribution >= 0.6 is 0 Å². The van der Waals surface area contributed by atoms with Crippen molar-refractivity contribution in [1.82, 2.24) is 14.9 Å². The molecule has 0 aromatic carbocycles. The monoisotopic (exact) mass is 279 g/mol. The van der Waals surface area contributed by atoms with Gasteiger partial charge in [-0.3, -0.25) is 0 Å². The molecule has 0 aliphatic rings. The van der Waals surface area contributed by atoms with Crippen molar-refractivity contribution >= 4 is 0 Å². The van der Waals surface area contributed by atoms with Crippen LogP contribution in [0.5, 0.6) is 0 Å². The van der Waals surface area contributed by atoms with Gasteiger partial charge in [0.1, 0.15) is 5.82 Å². The van der Waals surface area contributed by atoms with Gasteiger partial charge in [0.25, 0.3) is 0 Å². The Labute approximate surface area is 125 Å². The van der Waals surface area contributed by atoms with Crippen LogP contribution in [0.15, 0.2) is 12.4 Å². The fraction of sp³-hybridized carbons (Fsp3) is 0.824. The van der Waals surface area contributed by atoms with Gasteiger partial charge in [0.2, 0.25) is 0 Å². The minimum absolute atomic E-state index is 0.427. The number of hydrogen-bond acceptors (Lipinski definition) is 2. The molecule has 0 spiro atoms. The van der Waals surface area contributed by atoms with Crippen LogP contribution in [-0.4, -0.2) is 16.1 Å². The first kappa shape index (κ1) is 17.2. The maximum Gasteiger partial charge on any atom is 0.125 e. The second kappa shape index (κ2) is 10.9. The molecule has 3 heteroatoms. The lowest BCUT2D eigenvalue weighted by atomic mass is 10.0. The molecule has 0 bridgehead atoms. The average Bonchev–Trinajstić information content (AvgIpc) is 2.94. The van der Waals surface area contributed by atoms with Gasteiger partial charge in [0.15, 0.2) is 0 Å². The summed E-state index contributed by atoms with van der Waals surface area (Å²) in [5.74, 6) is 1.22. The molecule has 1 unspecified atom stereocenters. The van der Waals surface area contributed by atoms with Gasteiger partial charge in [0.05, 0.1) is 6.04 Å². The maximum absolute atomic E-state index is 4.57. The van der Waals surface area contributed by atoms with E-state index >= 15 is 0 Å². The maximum atomic E-state index is 4.57. The number of aryl methyl sites for hydroxylation is 1. The van der Waals surface area contributed by atoms with Crippen molar-refractivity contribution in [3.8, 4) is 0 Å². The number of nitrogens with one attached hydrogen (secondary N) is 1. The summed E-state index contributed by atoms with van der Waals surface area (Å²) in [7, 11) is 0. The van der Waals surface area contributed by atoms with E-state index in [1.54, 1.807) is 0 Å². The van der Waals surface area contributed by atoms with Gasteiger partial charge >= 0.3 is 0 Å². The van der Waals surface area contributed by atoms with E-state index < -0.39 is 0 Å².